The highest BCUT2D eigenvalue weighted by atomic mass is 16.5. The van der Waals surface area contributed by atoms with Crippen LogP contribution in [0.15, 0.2) is 12.3 Å². The summed E-state index contributed by atoms with van der Waals surface area (Å²) in [4.78, 5) is 10.4. The first kappa shape index (κ1) is 10.9. The molecule has 1 aliphatic heterocycles. The monoisotopic (exact) mass is 222 g/mol. The average molecular weight is 222 g/mol. The number of H-pyrrole nitrogens is 1. The van der Waals surface area contributed by atoms with Crippen molar-refractivity contribution in [3.05, 3.63) is 23.5 Å². The number of aliphatic carboxylic acids is 1. The molecule has 0 bridgehead atoms. The van der Waals surface area contributed by atoms with Crippen molar-refractivity contribution in [3.63, 3.8) is 0 Å². The van der Waals surface area contributed by atoms with Crippen LogP contribution in [0.4, 0.5) is 0 Å². The number of rotatable bonds is 3. The molecule has 5 nitrogen and oxygen atoms in total. The van der Waals surface area contributed by atoms with E-state index in [4.69, 9.17) is 9.84 Å². The van der Waals surface area contributed by atoms with Crippen LogP contribution >= 0.6 is 0 Å². The van der Waals surface area contributed by atoms with Crippen LogP contribution in [0.1, 0.15) is 36.6 Å². The standard InChI is InChI=1S/C11H14N2O3/c14-10(15)5-4-8-7-12-13-11(8)9-3-1-2-6-16-9/h4-5,7,9H,1-3,6H2,(H,12,13)(H,14,15)/b5-4+. The molecule has 86 valence electrons. The van der Waals surface area contributed by atoms with Crippen LogP contribution in [-0.4, -0.2) is 27.9 Å². The molecule has 16 heavy (non-hydrogen) atoms. The highest BCUT2D eigenvalue weighted by Crippen LogP contribution is 2.28. The predicted molar refractivity (Wildman–Crippen MR) is 57.8 cm³/mol. The molecule has 5 heteroatoms. The Labute approximate surface area is 93.1 Å². The summed E-state index contributed by atoms with van der Waals surface area (Å²) in [5, 5.41) is 15.4. The third-order valence-corrected chi connectivity index (χ3v) is 2.61. The Morgan fingerprint density at radius 1 is 1.62 bits per heavy atom. The molecular weight excluding hydrogens is 208 g/mol. The highest BCUT2D eigenvalue weighted by molar-refractivity contribution is 5.85. The molecule has 2 rings (SSSR count). The SMILES string of the molecule is O=C(O)/C=C/c1cn[nH]c1C1CCCCO1. The van der Waals surface area contributed by atoms with E-state index in [1.54, 1.807) is 12.3 Å². The first-order chi connectivity index (χ1) is 7.77. The molecule has 0 saturated carbocycles. The lowest BCUT2D eigenvalue weighted by Crippen LogP contribution is -2.12. The van der Waals surface area contributed by atoms with E-state index in [0.29, 0.717) is 0 Å². The predicted octanol–water partition coefficient (Wildman–Crippen LogP) is 1.75. The molecule has 2 N–H and O–H groups in total. The zero-order valence-corrected chi connectivity index (χ0v) is 8.85. The van der Waals surface area contributed by atoms with Crippen LogP contribution in [-0.2, 0) is 9.53 Å². The van der Waals surface area contributed by atoms with Gasteiger partial charge >= 0.3 is 5.97 Å². The quantitative estimate of drug-likeness (QED) is 0.764. The van der Waals surface area contributed by atoms with Gasteiger partial charge in [0.25, 0.3) is 0 Å². The average Bonchev–Trinajstić information content (AvgIpc) is 2.75. The molecule has 0 spiro atoms. The van der Waals surface area contributed by atoms with Crippen molar-refractivity contribution in [2.75, 3.05) is 6.61 Å². The van der Waals surface area contributed by atoms with Gasteiger partial charge in [0.1, 0.15) is 0 Å². The van der Waals surface area contributed by atoms with Gasteiger partial charge < -0.3 is 9.84 Å². The zero-order valence-electron chi connectivity index (χ0n) is 8.85. The second-order valence-corrected chi connectivity index (χ2v) is 3.77. The number of hydrogen-bond acceptors (Lipinski definition) is 3. The smallest absolute Gasteiger partial charge is 0.328 e. The second kappa shape index (κ2) is 4.94. The number of nitrogens with one attached hydrogen (secondary N) is 1. The maximum absolute atomic E-state index is 10.4. The van der Waals surface area contributed by atoms with Crippen LogP contribution < -0.4 is 0 Å². The largest absolute Gasteiger partial charge is 0.478 e. The summed E-state index contributed by atoms with van der Waals surface area (Å²) < 4.78 is 5.62. The summed E-state index contributed by atoms with van der Waals surface area (Å²) >= 11 is 0. The van der Waals surface area contributed by atoms with Crippen LogP contribution in [0, 0.1) is 0 Å². The number of aromatic nitrogens is 2. The Hall–Kier alpha value is -1.62. The zero-order chi connectivity index (χ0) is 11.4. The van der Waals surface area contributed by atoms with Gasteiger partial charge in [0.2, 0.25) is 0 Å². The summed E-state index contributed by atoms with van der Waals surface area (Å²) in [5.41, 5.74) is 1.66. The summed E-state index contributed by atoms with van der Waals surface area (Å²) in [5.74, 6) is -0.961. The van der Waals surface area contributed by atoms with E-state index in [9.17, 15) is 4.79 Å². The van der Waals surface area contributed by atoms with Gasteiger partial charge in [0, 0.05) is 18.2 Å². The summed E-state index contributed by atoms with van der Waals surface area (Å²) in [7, 11) is 0. The Kier molecular flexibility index (Phi) is 3.36. The van der Waals surface area contributed by atoms with Crippen molar-refractivity contribution in [1.29, 1.82) is 0 Å². The van der Waals surface area contributed by atoms with E-state index < -0.39 is 5.97 Å². The van der Waals surface area contributed by atoms with Crippen molar-refractivity contribution in [1.82, 2.24) is 10.2 Å². The minimum absolute atomic E-state index is 0.0182. The third-order valence-electron chi connectivity index (χ3n) is 2.61. The molecule has 2 heterocycles. The van der Waals surface area contributed by atoms with Crippen LogP contribution in [0.5, 0.6) is 0 Å². The fraction of sp³-hybridized carbons (Fsp3) is 0.455. The number of carboxylic acid groups (broad SMARTS) is 1. The number of ether oxygens (including phenoxy) is 1. The number of nitrogens with zero attached hydrogens (tertiary/aromatic N) is 1. The molecule has 1 unspecified atom stereocenters. The normalized spacial score (nSPS) is 21.4. The Bertz CT molecular complexity index is 392. The van der Waals surface area contributed by atoms with E-state index in [1.807, 2.05) is 0 Å². The molecule has 1 saturated heterocycles. The van der Waals surface area contributed by atoms with Crippen molar-refractivity contribution in [3.8, 4) is 0 Å². The van der Waals surface area contributed by atoms with E-state index in [1.165, 1.54) is 0 Å². The van der Waals surface area contributed by atoms with Gasteiger partial charge in [-0.25, -0.2) is 4.79 Å². The first-order valence-electron chi connectivity index (χ1n) is 5.33. The number of aromatic amines is 1. The minimum Gasteiger partial charge on any atom is -0.478 e. The lowest BCUT2D eigenvalue weighted by molar-refractivity contribution is -0.131. The highest BCUT2D eigenvalue weighted by Gasteiger charge is 2.19. The molecule has 1 aliphatic rings. The van der Waals surface area contributed by atoms with E-state index in [2.05, 4.69) is 10.2 Å². The topological polar surface area (TPSA) is 75.2 Å². The van der Waals surface area contributed by atoms with Gasteiger partial charge in [-0.2, -0.15) is 5.10 Å². The van der Waals surface area contributed by atoms with Gasteiger partial charge in [-0.3, -0.25) is 5.10 Å². The van der Waals surface area contributed by atoms with Crippen molar-refractivity contribution in [2.45, 2.75) is 25.4 Å². The molecule has 1 atom stereocenters. The number of carbonyl (C=O) groups is 1. The lowest BCUT2D eigenvalue weighted by Gasteiger charge is -2.21. The molecule has 0 aliphatic carbocycles. The van der Waals surface area contributed by atoms with Gasteiger partial charge in [-0.05, 0) is 25.3 Å². The summed E-state index contributed by atoms with van der Waals surface area (Å²) in [6, 6.07) is 0. The fourth-order valence-corrected chi connectivity index (χ4v) is 1.83. The van der Waals surface area contributed by atoms with E-state index in [0.717, 1.165) is 43.2 Å². The minimum atomic E-state index is -0.961. The fourth-order valence-electron chi connectivity index (χ4n) is 1.83. The van der Waals surface area contributed by atoms with Crippen molar-refractivity contribution < 1.29 is 14.6 Å². The van der Waals surface area contributed by atoms with Crippen molar-refractivity contribution in [2.24, 2.45) is 0 Å². The number of carboxylic acids is 1. The van der Waals surface area contributed by atoms with Gasteiger partial charge in [-0.1, -0.05) is 0 Å². The van der Waals surface area contributed by atoms with Crippen molar-refractivity contribution >= 4 is 12.0 Å². The van der Waals surface area contributed by atoms with Gasteiger partial charge in [-0.15, -0.1) is 0 Å². The van der Waals surface area contributed by atoms with E-state index in [-0.39, 0.29) is 6.10 Å². The maximum Gasteiger partial charge on any atom is 0.328 e. The van der Waals surface area contributed by atoms with Gasteiger partial charge in [0.05, 0.1) is 18.0 Å². The second-order valence-electron chi connectivity index (χ2n) is 3.77. The molecular formula is C11H14N2O3. The van der Waals surface area contributed by atoms with Gasteiger partial charge in [0.15, 0.2) is 0 Å². The van der Waals surface area contributed by atoms with Crippen LogP contribution in [0.3, 0.4) is 0 Å². The summed E-state index contributed by atoms with van der Waals surface area (Å²) in [6.07, 6.45) is 7.46. The number of hydrogen-bond donors (Lipinski definition) is 2. The molecule has 0 amide bonds. The summed E-state index contributed by atoms with van der Waals surface area (Å²) in [6.45, 7) is 0.756. The lowest BCUT2D eigenvalue weighted by atomic mass is 10.0. The molecule has 1 aromatic rings. The first-order valence-corrected chi connectivity index (χ1v) is 5.33. The molecule has 1 fully saturated rings. The van der Waals surface area contributed by atoms with Crippen LogP contribution in [0.2, 0.25) is 0 Å². The molecule has 0 radical (unpaired) electrons. The maximum atomic E-state index is 10.4. The van der Waals surface area contributed by atoms with Crippen LogP contribution in [0.25, 0.3) is 6.08 Å². The molecule has 0 aromatic carbocycles. The van der Waals surface area contributed by atoms with E-state index >= 15 is 0 Å². The molecule has 1 aromatic heterocycles. The Balaban J connectivity index is 2.14. The Morgan fingerprint density at radius 2 is 2.50 bits per heavy atom. The third kappa shape index (κ3) is 2.49. The Morgan fingerprint density at radius 3 is 3.19 bits per heavy atom.